The van der Waals surface area contributed by atoms with Gasteiger partial charge in [0.1, 0.15) is 11.5 Å². The van der Waals surface area contributed by atoms with E-state index in [2.05, 4.69) is 5.32 Å². The summed E-state index contributed by atoms with van der Waals surface area (Å²) >= 11 is 6.02. The molecule has 0 saturated heterocycles. The van der Waals surface area contributed by atoms with E-state index >= 15 is 0 Å². The number of benzene rings is 1. The third kappa shape index (κ3) is 5.90. The molecule has 2 N–H and O–H groups in total. The Balaban J connectivity index is 2.75. The molecule has 1 aromatic rings. The Bertz CT molecular complexity index is 592. The van der Waals surface area contributed by atoms with Gasteiger partial charge in [0.2, 0.25) is 5.91 Å². The Morgan fingerprint density at radius 2 is 1.88 bits per heavy atom. The van der Waals surface area contributed by atoms with Gasteiger partial charge in [0.25, 0.3) is 0 Å². The molecule has 7 nitrogen and oxygen atoms in total. The van der Waals surface area contributed by atoms with Gasteiger partial charge in [-0.1, -0.05) is 11.6 Å². The lowest BCUT2D eigenvalue weighted by Crippen LogP contribution is -2.37. The number of carbonyl (C=O) groups is 2. The number of anilines is 1. The highest BCUT2D eigenvalue weighted by atomic mass is 35.5. The van der Waals surface area contributed by atoms with Crippen LogP contribution >= 0.6 is 11.6 Å². The van der Waals surface area contributed by atoms with Gasteiger partial charge in [-0.05, 0) is 13.8 Å². The highest BCUT2D eigenvalue weighted by molar-refractivity contribution is 6.32. The van der Waals surface area contributed by atoms with Gasteiger partial charge < -0.3 is 19.9 Å². The summed E-state index contributed by atoms with van der Waals surface area (Å²) in [7, 11) is 2.95. The first-order chi connectivity index (χ1) is 11.3. The van der Waals surface area contributed by atoms with E-state index in [0.29, 0.717) is 28.8 Å². The molecule has 0 bridgehead atoms. The lowest BCUT2D eigenvalue weighted by molar-refractivity contribution is -0.139. The smallest absolute Gasteiger partial charge is 0.317 e. The van der Waals surface area contributed by atoms with E-state index in [4.69, 9.17) is 26.2 Å². The fraction of sp³-hybridized carbons (Fsp3) is 0.500. The molecule has 0 atom stereocenters. The molecule has 8 heteroatoms. The number of amides is 1. The van der Waals surface area contributed by atoms with Gasteiger partial charge in [-0.2, -0.15) is 0 Å². The van der Waals surface area contributed by atoms with Crippen LogP contribution in [0.15, 0.2) is 12.1 Å². The quantitative estimate of drug-likeness (QED) is 0.705. The van der Waals surface area contributed by atoms with E-state index in [1.165, 1.54) is 14.2 Å². The zero-order valence-corrected chi connectivity index (χ0v) is 15.0. The van der Waals surface area contributed by atoms with Gasteiger partial charge >= 0.3 is 5.97 Å². The van der Waals surface area contributed by atoms with E-state index in [9.17, 15) is 9.59 Å². The number of carboxylic acids is 1. The minimum absolute atomic E-state index is 0.0269. The molecular formula is C16H23ClN2O5. The van der Waals surface area contributed by atoms with Gasteiger partial charge in [-0.3, -0.25) is 14.5 Å². The topological polar surface area (TPSA) is 88.1 Å². The van der Waals surface area contributed by atoms with Crippen molar-refractivity contribution in [2.75, 3.05) is 32.6 Å². The third-order valence-electron chi connectivity index (χ3n) is 3.44. The summed E-state index contributed by atoms with van der Waals surface area (Å²) in [5, 5.41) is 12.0. The van der Waals surface area contributed by atoms with Crippen LogP contribution in [0.1, 0.15) is 20.3 Å². The molecule has 0 fully saturated rings. The van der Waals surface area contributed by atoms with Crippen molar-refractivity contribution in [3.8, 4) is 11.5 Å². The highest BCUT2D eigenvalue weighted by Crippen LogP contribution is 2.35. The maximum absolute atomic E-state index is 12.2. The Morgan fingerprint density at radius 3 is 2.38 bits per heavy atom. The molecule has 0 aliphatic heterocycles. The number of ether oxygens (including phenoxy) is 2. The number of methoxy groups -OCH3 is 2. The van der Waals surface area contributed by atoms with E-state index in [1.54, 1.807) is 17.0 Å². The van der Waals surface area contributed by atoms with Crippen LogP contribution in [0, 0.1) is 0 Å². The molecule has 1 rings (SSSR count). The fourth-order valence-electron chi connectivity index (χ4n) is 2.11. The fourth-order valence-corrected chi connectivity index (χ4v) is 2.34. The zero-order valence-electron chi connectivity index (χ0n) is 14.3. The summed E-state index contributed by atoms with van der Waals surface area (Å²) in [4.78, 5) is 24.7. The Hall–Kier alpha value is -1.99. The van der Waals surface area contributed by atoms with Crippen molar-refractivity contribution < 1.29 is 24.2 Å². The normalized spacial score (nSPS) is 10.8. The van der Waals surface area contributed by atoms with Crippen molar-refractivity contribution in [3.05, 3.63) is 17.2 Å². The number of rotatable bonds is 9. The summed E-state index contributed by atoms with van der Waals surface area (Å²) in [5.74, 6) is -0.343. The lowest BCUT2D eigenvalue weighted by Gasteiger charge is -2.24. The minimum Gasteiger partial charge on any atom is -0.495 e. The van der Waals surface area contributed by atoms with Crippen LogP contribution < -0.4 is 14.8 Å². The number of hydrogen-bond acceptors (Lipinski definition) is 5. The summed E-state index contributed by atoms with van der Waals surface area (Å²) in [5.41, 5.74) is 0.443. The molecule has 0 spiro atoms. The van der Waals surface area contributed by atoms with Crippen LogP contribution in [0.5, 0.6) is 11.5 Å². The Morgan fingerprint density at radius 1 is 1.25 bits per heavy atom. The molecule has 0 heterocycles. The molecule has 0 saturated carbocycles. The number of carbonyl (C=O) groups excluding carboxylic acids is 1. The van der Waals surface area contributed by atoms with Crippen molar-refractivity contribution >= 4 is 29.2 Å². The van der Waals surface area contributed by atoms with Crippen LogP contribution in [0.2, 0.25) is 5.02 Å². The zero-order chi connectivity index (χ0) is 18.3. The molecule has 0 aromatic heterocycles. The van der Waals surface area contributed by atoms with Crippen molar-refractivity contribution in [2.24, 2.45) is 0 Å². The molecule has 134 valence electrons. The standard InChI is InChI=1S/C16H23ClN2O5/c1-10(2)19(9-16(21)22)6-5-15(20)18-12-8-13(23-3)11(17)7-14(12)24-4/h7-8,10H,5-6,9H2,1-4H3,(H,18,20)(H,21,22). The largest absolute Gasteiger partial charge is 0.495 e. The van der Waals surface area contributed by atoms with E-state index in [-0.39, 0.29) is 24.9 Å². The monoisotopic (exact) mass is 358 g/mol. The van der Waals surface area contributed by atoms with Crippen molar-refractivity contribution in [3.63, 3.8) is 0 Å². The first kappa shape index (κ1) is 20.1. The van der Waals surface area contributed by atoms with Crippen LogP contribution in [-0.4, -0.2) is 55.2 Å². The Kier molecular flexibility index (Phi) is 7.81. The lowest BCUT2D eigenvalue weighted by atomic mass is 10.2. The van der Waals surface area contributed by atoms with Gasteiger partial charge in [-0.15, -0.1) is 0 Å². The van der Waals surface area contributed by atoms with Crippen molar-refractivity contribution in [2.45, 2.75) is 26.3 Å². The molecular weight excluding hydrogens is 336 g/mol. The van der Waals surface area contributed by atoms with E-state index in [1.807, 2.05) is 13.8 Å². The number of nitrogens with zero attached hydrogens (tertiary/aromatic N) is 1. The van der Waals surface area contributed by atoms with E-state index < -0.39 is 5.97 Å². The average molecular weight is 359 g/mol. The number of halogens is 1. The second-order valence-corrected chi connectivity index (χ2v) is 5.85. The predicted octanol–water partition coefficient (Wildman–Crippen LogP) is 2.48. The SMILES string of the molecule is COc1cc(NC(=O)CCN(CC(=O)O)C(C)C)c(OC)cc1Cl. The van der Waals surface area contributed by atoms with Crippen LogP contribution in [-0.2, 0) is 9.59 Å². The predicted molar refractivity (Wildman–Crippen MR) is 92.1 cm³/mol. The van der Waals surface area contributed by atoms with E-state index in [0.717, 1.165) is 0 Å². The molecule has 0 aliphatic carbocycles. The van der Waals surface area contributed by atoms with Crippen LogP contribution in [0.4, 0.5) is 5.69 Å². The minimum atomic E-state index is -0.923. The second kappa shape index (κ2) is 9.34. The molecule has 1 amide bonds. The number of hydrogen-bond donors (Lipinski definition) is 2. The summed E-state index contributed by atoms with van der Waals surface area (Å²) in [6, 6.07) is 3.16. The number of aliphatic carboxylic acids is 1. The second-order valence-electron chi connectivity index (χ2n) is 5.44. The molecule has 24 heavy (non-hydrogen) atoms. The van der Waals surface area contributed by atoms with Crippen molar-refractivity contribution in [1.29, 1.82) is 0 Å². The summed E-state index contributed by atoms with van der Waals surface area (Å²) in [6.45, 7) is 3.99. The number of carboxylic acid groups (broad SMARTS) is 1. The average Bonchev–Trinajstić information content (AvgIpc) is 2.51. The maximum Gasteiger partial charge on any atom is 0.317 e. The van der Waals surface area contributed by atoms with Gasteiger partial charge in [-0.25, -0.2) is 0 Å². The first-order valence-electron chi connectivity index (χ1n) is 7.45. The van der Waals surface area contributed by atoms with Gasteiger partial charge in [0.05, 0.1) is 31.5 Å². The van der Waals surface area contributed by atoms with Gasteiger partial charge in [0, 0.05) is 31.1 Å². The first-order valence-corrected chi connectivity index (χ1v) is 7.83. The summed E-state index contributed by atoms with van der Waals surface area (Å²) < 4.78 is 10.3. The molecule has 0 radical (unpaired) electrons. The number of nitrogens with one attached hydrogen (secondary N) is 1. The molecule has 0 unspecified atom stereocenters. The molecule has 0 aliphatic rings. The summed E-state index contributed by atoms with van der Waals surface area (Å²) in [6.07, 6.45) is 0.152. The van der Waals surface area contributed by atoms with Crippen LogP contribution in [0.25, 0.3) is 0 Å². The third-order valence-corrected chi connectivity index (χ3v) is 3.74. The van der Waals surface area contributed by atoms with Crippen LogP contribution in [0.3, 0.4) is 0 Å². The van der Waals surface area contributed by atoms with Gasteiger partial charge in [0.15, 0.2) is 0 Å². The molecule has 1 aromatic carbocycles. The maximum atomic E-state index is 12.2. The van der Waals surface area contributed by atoms with Crippen molar-refractivity contribution in [1.82, 2.24) is 4.90 Å². The highest BCUT2D eigenvalue weighted by Gasteiger charge is 2.16. The Labute approximate surface area is 146 Å².